The first kappa shape index (κ1) is 15.0. The lowest BCUT2D eigenvalue weighted by Gasteiger charge is -2.32. The van der Waals surface area contributed by atoms with Crippen LogP contribution in [0.3, 0.4) is 0 Å². The molecule has 1 saturated heterocycles. The van der Waals surface area contributed by atoms with Crippen LogP contribution >= 0.6 is 11.3 Å². The highest BCUT2D eigenvalue weighted by Gasteiger charge is 2.28. The Morgan fingerprint density at radius 3 is 3.23 bits per heavy atom. The number of thiophene rings is 1. The summed E-state index contributed by atoms with van der Waals surface area (Å²) in [6, 6.07) is 3.80. The number of ether oxygens (including phenoxy) is 1. The SMILES string of the molecule is CCOC(=O)C1CCCN(c2nccc3sc(C=O)cc23)C1. The first-order chi connectivity index (χ1) is 10.7. The molecule has 1 unspecified atom stereocenters. The molecule has 0 bridgehead atoms. The Bertz CT molecular complexity index is 698. The number of fused-ring (bicyclic) bond motifs is 1. The van der Waals surface area contributed by atoms with Crippen LogP contribution in [-0.2, 0) is 9.53 Å². The molecule has 3 rings (SSSR count). The van der Waals surface area contributed by atoms with Gasteiger partial charge in [0.05, 0.1) is 17.4 Å². The number of hydrogen-bond donors (Lipinski definition) is 0. The number of carbonyl (C=O) groups is 2. The monoisotopic (exact) mass is 318 g/mol. The molecule has 1 aliphatic rings. The van der Waals surface area contributed by atoms with E-state index in [9.17, 15) is 9.59 Å². The van der Waals surface area contributed by atoms with Crippen LogP contribution in [0.25, 0.3) is 10.1 Å². The third-order valence-electron chi connectivity index (χ3n) is 3.90. The van der Waals surface area contributed by atoms with Crippen molar-refractivity contribution in [1.82, 2.24) is 4.98 Å². The molecular formula is C16H18N2O3S. The van der Waals surface area contributed by atoms with Gasteiger partial charge >= 0.3 is 5.97 Å². The number of rotatable bonds is 4. The molecule has 1 aliphatic heterocycles. The predicted molar refractivity (Wildman–Crippen MR) is 86.6 cm³/mol. The molecule has 0 spiro atoms. The number of esters is 1. The molecule has 3 heterocycles. The van der Waals surface area contributed by atoms with Crippen molar-refractivity contribution in [1.29, 1.82) is 0 Å². The van der Waals surface area contributed by atoms with E-state index >= 15 is 0 Å². The van der Waals surface area contributed by atoms with E-state index in [2.05, 4.69) is 9.88 Å². The maximum atomic E-state index is 12.0. The molecule has 2 aromatic heterocycles. The number of aromatic nitrogens is 1. The standard InChI is InChI=1S/C16H18N2O3S/c1-2-21-16(20)11-4-3-7-18(9-11)15-13-8-12(10-19)22-14(13)5-6-17-15/h5-6,8,10-11H,2-4,7,9H2,1H3. The summed E-state index contributed by atoms with van der Waals surface area (Å²) in [4.78, 5) is 30.3. The summed E-state index contributed by atoms with van der Waals surface area (Å²) in [5.74, 6) is 0.629. The van der Waals surface area contributed by atoms with Crippen LogP contribution in [0.1, 0.15) is 29.4 Å². The zero-order valence-corrected chi connectivity index (χ0v) is 13.3. The van der Waals surface area contributed by atoms with Crippen LogP contribution in [0.2, 0.25) is 0 Å². The van der Waals surface area contributed by atoms with Crippen LogP contribution < -0.4 is 4.90 Å². The second kappa shape index (κ2) is 6.44. The molecule has 22 heavy (non-hydrogen) atoms. The molecule has 0 radical (unpaired) electrons. The summed E-state index contributed by atoms with van der Waals surface area (Å²) in [6.07, 6.45) is 4.42. The van der Waals surface area contributed by atoms with Crippen molar-refractivity contribution in [2.75, 3.05) is 24.6 Å². The molecule has 0 amide bonds. The fourth-order valence-corrected chi connectivity index (χ4v) is 3.77. The smallest absolute Gasteiger partial charge is 0.310 e. The molecule has 0 aromatic carbocycles. The third kappa shape index (κ3) is 2.83. The fraction of sp³-hybridized carbons (Fsp3) is 0.438. The van der Waals surface area contributed by atoms with Gasteiger partial charge in [-0.25, -0.2) is 4.98 Å². The van der Waals surface area contributed by atoms with E-state index in [1.165, 1.54) is 11.3 Å². The van der Waals surface area contributed by atoms with Gasteiger partial charge in [0, 0.05) is 29.4 Å². The Morgan fingerprint density at radius 1 is 1.59 bits per heavy atom. The first-order valence-corrected chi connectivity index (χ1v) is 8.30. The lowest BCUT2D eigenvalue weighted by Crippen LogP contribution is -2.39. The summed E-state index contributed by atoms with van der Waals surface area (Å²) < 4.78 is 6.19. The molecule has 0 aliphatic carbocycles. The zero-order valence-electron chi connectivity index (χ0n) is 12.4. The van der Waals surface area contributed by atoms with E-state index in [0.717, 1.165) is 41.6 Å². The van der Waals surface area contributed by atoms with Crippen LogP contribution in [0.15, 0.2) is 18.3 Å². The van der Waals surface area contributed by atoms with Crippen molar-refractivity contribution >= 4 is 39.5 Å². The van der Waals surface area contributed by atoms with Crippen LogP contribution in [0, 0.1) is 5.92 Å². The summed E-state index contributed by atoms with van der Waals surface area (Å²) in [7, 11) is 0. The quantitative estimate of drug-likeness (QED) is 0.641. The number of carbonyl (C=O) groups excluding carboxylic acids is 2. The van der Waals surface area contributed by atoms with Gasteiger partial charge < -0.3 is 9.64 Å². The Hall–Kier alpha value is -1.95. The maximum Gasteiger partial charge on any atom is 0.310 e. The zero-order chi connectivity index (χ0) is 15.5. The number of pyridine rings is 1. The van der Waals surface area contributed by atoms with Gasteiger partial charge in [0.25, 0.3) is 0 Å². The average Bonchev–Trinajstić information content (AvgIpc) is 2.98. The number of nitrogens with zero attached hydrogens (tertiary/aromatic N) is 2. The highest BCUT2D eigenvalue weighted by Crippen LogP contribution is 2.33. The summed E-state index contributed by atoms with van der Waals surface area (Å²) in [5.41, 5.74) is 0. The van der Waals surface area contributed by atoms with Crippen LogP contribution in [-0.4, -0.2) is 36.9 Å². The highest BCUT2D eigenvalue weighted by atomic mass is 32.1. The Morgan fingerprint density at radius 2 is 2.45 bits per heavy atom. The van der Waals surface area contributed by atoms with Gasteiger partial charge in [-0.1, -0.05) is 0 Å². The maximum absolute atomic E-state index is 12.0. The fourth-order valence-electron chi connectivity index (χ4n) is 2.90. The molecule has 0 N–H and O–H groups in total. The molecule has 5 nitrogen and oxygen atoms in total. The largest absolute Gasteiger partial charge is 0.466 e. The van der Waals surface area contributed by atoms with Crippen molar-refractivity contribution in [2.45, 2.75) is 19.8 Å². The van der Waals surface area contributed by atoms with E-state index in [4.69, 9.17) is 4.74 Å². The van der Waals surface area contributed by atoms with E-state index < -0.39 is 0 Å². The van der Waals surface area contributed by atoms with Crippen molar-refractivity contribution < 1.29 is 14.3 Å². The topological polar surface area (TPSA) is 59.5 Å². The molecule has 116 valence electrons. The number of hydrogen-bond acceptors (Lipinski definition) is 6. The second-order valence-electron chi connectivity index (χ2n) is 5.35. The van der Waals surface area contributed by atoms with Gasteiger partial charge in [-0.2, -0.15) is 0 Å². The van der Waals surface area contributed by atoms with E-state index in [1.807, 2.05) is 19.1 Å². The minimum atomic E-state index is -0.127. The molecule has 0 saturated carbocycles. The second-order valence-corrected chi connectivity index (χ2v) is 6.47. The van der Waals surface area contributed by atoms with Gasteiger partial charge in [0.2, 0.25) is 0 Å². The van der Waals surface area contributed by atoms with Gasteiger partial charge in [-0.05, 0) is 31.9 Å². The molecule has 1 fully saturated rings. The summed E-state index contributed by atoms with van der Waals surface area (Å²) in [5, 5.41) is 0.985. The van der Waals surface area contributed by atoms with Gasteiger partial charge in [0.15, 0.2) is 6.29 Å². The van der Waals surface area contributed by atoms with Gasteiger partial charge in [-0.3, -0.25) is 9.59 Å². The molecule has 6 heteroatoms. The summed E-state index contributed by atoms with van der Waals surface area (Å²) in [6.45, 7) is 3.73. The average molecular weight is 318 g/mol. The predicted octanol–water partition coefficient (Wildman–Crippen LogP) is 2.89. The molecular weight excluding hydrogens is 300 g/mol. The third-order valence-corrected chi connectivity index (χ3v) is 4.93. The number of piperidine rings is 1. The lowest BCUT2D eigenvalue weighted by atomic mass is 9.98. The summed E-state index contributed by atoms with van der Waals surface area (Å²) >= 11 is 1.46. The van der Waals surface area contributed by atoms with Crippen molar-refractivity contribution in [3.8, 4) is 0 Å². The normalized spacial score (nSPS) is 18.4. The minimum absolute atomic E-state index is 0.102. The van der Waals surface area contributed by atoms with Crippen molar-refractivity contribution in [2.24, 2.45) is 5.92 Å². The minimum Gasteiger partial charge on any atom is -0.466 e. The van der Waals surface area contributed by atoms with Crippen molar-refractivity contribution in [3.05, 3.63) is 23.2 Å². The van der Waals surface area contributed by atoms with E-state index in [-0.39, 0.29) is 11.9 Å². The number of anilines is 1. The number of aldehydes is 1. The van der Waals surface area contributed by atoms with Crippen molar-refractivity contribution in [3.63, 3.8) is 0 Å². The van der Waals surface area contributed by atoms with Gasteiger partial charge in [0.1, 0.15) is 5.82 Å². The first-order valence-electron chi connectivity index (χ1n) is 7.48. The Labute approximate surface area is 132 Å². The van der Waals surface area contributed by atoms with Crippen LogP contribution in [0.5, 0.6) is 0 Å². The molecule has 2 aromatic rings. The van der Waals surface area contributed by atoms with E-state index in [0.29, 0.717) is 18.0 Å². The van der Waals surface area contributed by atoms with Crippen LogP contribution in [0.4, 0.5) is 5.82 Å². The Kier molecular flexibility index (Phi) is 4.38. The highest BCUT2D eigenvalue weighted by molar-refractivity contribution is 7.20. The molecule has 1 atom stereocenters. The lowest BCUT2D eigenvalue weighted by molar-refractivity contribution is -0.148. The van der Waals surface area contributed by atoms with E-state index in [1.54, 1.807) is 6.20 Å². The Balaban J connectivity index is 1.88. The van der Waals surface area contributed by atoms with Gasteiger partial charge in [-0.15, -0.1) is 11.3 Å².